The number of para-hydroxylation sites is 1. The fourth-order valence-corrected chi connectivity index (χ4v) is 2.31. The molecule has 0 saturated heterocycles. The third-order valence-corrected chi connectivity index (χ3v) is 3.34. The zero-order valence-corrected chi connectivity index (χ0v) is 12.1. The number of carbonyl (C=O) groups is 2. The van der Waals surface area contributed by atoms with Gasteiger partial charge in [-0.2, -0.15) is 0 Å². The molecule has 5 nitrogen and oxygen atoms in total. The predicted octanol–water partition coefficient (Wildman–Crippen LogP) is 2.91. The molecule has 21 heavy (non-hydrogen) atoms. The van der Waals surface area contributed by atoms with E-state index < -0.39 is 11.9 Å². The largest absolute Gasteiger partial charge is 0.481 e. The number of amides is 1. The van der Waals surface area contributed by atoms with Crippen LogP contribution in [-0.4, -0.2) is 23.5 Å². The van der Waals surface area contributed by atoms with Crippen LogP contribution in [0.15, 0.2) is 34.9 Å². The van der Waals surface area contributed by atoms with Crippen molar-refractivity contribution in [2.45, 2.75) is 20.3 Å². The van der Waals surface area contributed by atoms with Crippen molar-refractivity contribution in [1.82, 2.24) is 5.32 Å². The van der Waals surface area contributed by atoms with Gasteiger partial charge in [0, 0.05) is 11.9 Å². The van der Waals surface area contributed by atoms with Crippen LogP contribution in [0.5, 0.6) is 0 Å². The van der Waals surface area contributed by atoms with Gasteiger partial charge in [-0.05, 0) is 18.4 Å². The summed E-state index contributed by atoms with van der Waals surface area (Å²) in [5, 5.41) is 12.6. The second-order valence-electron chi connectivity index (χ2n) is 5.52. The van der Waals surface area contributed by atoms with E-state index in [9.17, 15) is 9.59 Å². The standard InChI is InChI=1S/C16H19NO4/c1-10(2)7-11(16(19)20)8-17-15(18)13-9-21-14-6-4-3-5-12(13)14/h3-6,9-11H,7-8H2,1-2H3,(H,17,18)(H,19,20). The van der Waals surface area contributed by atoms with E-state index in [1.54, 1.807) is 12.1 Å². The van der Waals surface area contributed by atoms with E-state index in [0.29, 0.717) is 17.6 Å². The molecule has 1 atom stereocenters. The summed E-state index contributed by atoms with van der Waals surface area (Å²) in [5.74, 6) is -1.51. The molecule has 0 radical (unpaired) electrons. The Bertz CT molecular complexity index is 645. The molecule has 112 valence electrons. The Labute approximate surface area is 122 Å². The average Bonchev–Trinajstić information content (AvgIpc) is 2.86. The van der Waals surface area contributed by atoms with E-state index in [0.717, 1.165) is 5.39 Å². The highest BCUT2D eigenvalue weighted by atomic mass is 16.4. The van der Waals surface area contributed by atoms with Crippen LogP contribution in [-0.2, 0) is 4.79 Å². The molecular weight excluding hydrogens is 270 g/mol. The summed E-state index contributed by atoms with van der Waals surface area (Å²) < 4.78 is 5.31. The van der Waals surface area contributed by atoms with Gasteiger partial charge in [0.25, 0.3) is 5.91 Å². The van der Waals surface area contributed by atoms with Gasteiger partial charge < -0.3 is 14.8 Å². The number of carboxylic acid groups (broad SMARTS) is 1. The molecule has 0 fully saturated rings. The molecule has 0 aliphatic rings. The van der Waals surface area contributed by atoms with Gasteiger partial charge in [0.05, 0.1) is 11.5 Å². The Morgan fingerprint density at radius 3 is 2.67 bits per heavy atom. The van der Waals surface area contributed by atoms with Crippen molar-refractivity contribution in [3.63, 3.8) is 0 Å². The highest BCUT2D eigenvalue weighted by Gasteiger charge is 2.21. The molecule has 2 aromatic rings. The van der Waals surface area contributed by atoms with E-state index in [1.165, 1.54) is 6.26 Å². The van der Waals surface area contributed by atoms with E-state index >= 15 is 0 Å². The van der Waals surface area contributed by atoms with Crippen LogP contribution >= 0.6 is 0 Å². The van der Waals surface area contributed by atoms with Gasteiger partial charge in [-0.15, -0.1) is 0 Å². The van der Waals surface area contributed by atoms with Crippen LogP contribution < -0.4 is 5.32 Å². The topological polar surface area (TPSA) is 79.5 Å². The molecule has 5 heteroatoms. The smallest absolute Gasteiger partial charge is 0.308 e. The highest BCUT2D eigenvalue weighted by Crippen LogP contribution is 2.20. The number of nitrogens with one attached hydrogen (secondary N) is 1. The maximum absolute atomic E-state index is 12.2. The summed E-state index contributed by atoms with van der Waals surface area (Å²) in [7, 11) is 0. The van der Waals surface area contributed by atoms with Gasteiger partial charge in [-0.3, -0.25) is 9.59 Å². The molecule has 0 bridgehead atoms. The monoisotopic (exact) mass is 289 g/mol. The number of benzene rings is 1. The summed E-state index contributed by atoms with van der Waals surface area (Å²) in [6, 6.07) is 7.24. The zero-order valence-electron chi connectivity index (χ0n) is 12.1. The van der Waals surface area contributed by atoms with Crippen LogP contribution in [0, 0.1) is 11.8 Å². The number of aliphatic carboxylic acids is 1. The molecule has 0 saturated carbocycles. The molecule has 0 spiro atoms. The molecular formula is C16H19NO4. The molecule has 2 N–H and O–H groups in total. The molecule has 1 heterocycles. The van der Waals surface area contributed by atoms with Crippen molar-refractivity contribution in [3.05, 3.63) is 36.1 Å². The summed E-state index contributed by atoms with van der Waals surface area (Å²) in [6.45, 7) is 4.04. The van der Waals surface area contributed by atoms with Crippen LogP contribution in [0.3, 0.4) is 0 Å². The molecule has 1 amide bonds. The van der Waals surface area contributed by atoms with Gasteiger partial charge in [-0.25, -0.2) is 0 Å². The number of rotatable bonds is 6. The SMILES string of the molecule is CC(C)CC(CNC(=O)c1coc2ccccc12)C(=O)O. The molecule has 0 aliphatic carbocycles. The van der Waals surface area contributed by atoms with Gasteiger partial charge >= 0.3 is 5.97 Å². The van der Waals surface area contributed by atoms with E-state index in [1.807, 2.05) is 26.0 Å². The first-order valence-corrected chi connectivity index (χ1v) is 6.96. The second-order valence-corrected chi connectivity index (χ2v) is 5.52. The minimum Gasteiger partial charge on any atom is -0.481 e. The first-order chi connectivity index (χ1) is 9.99. The minimum absolute atomic E-state index is 0.117. The summed E-state index contributed by atoms with van der Waals surface area (Å²) >= 11 is 0. The molecule has 1 unspecified atom stereocenters. The Morgan fingerprint density at radius 1 is 1.29 bits per heavy atom. The normalized spacial score (nSPS) is 12.5. The first-order valence-electron chi connectivity index (χ1n) is 6.96. The van der Waals surface area contributed by atoms with E-state index in [2.05, 4.69) is 5.32 Å². The maximum Gasteiger partial charge on any atom is 0.308 e. The van der Waals surface area contributed by atoms with Gasteiger partial charge in [-0.1, -0.05) is 32.0 Å². The Hall–Kier alpha value is -2.30. The van der Waals surface area contributed by atoms with Crippen LogP contribution in [0.4, 0.5) is 0 Å². The van der Waals surface area contributed by atoms with Crippen molar-refractivity contribution in [2.24, 2.45) is 11.8 Å². The lowest BCUT2D eigenvalue weighted by Crippen LogP contribution is -2.33. The third kappa shape index (κ3) is 3.62. The predicted molar refractivity (Wildman–Crippen MR) is 79.1 cm³/mol. The van der Waals surface area contributed by atoms with E-state index in [-0.39, 0.29) is 18.4 Å². The van der Waals surface area contributed by atoms with Crippen molar-refractivity contribution in [2.75, 3.05) is 6.54 Å². The lowest BCUT2D eigenvalue weighted by Gasteiger charge is -2.15. The van der Waals surface area contributed by atoms with Crippen molar-refractivity contribution >= 4 is 22.8 Å². The third-order valence-electron chi connectivity index (χ3n) is 3.34. The Balaban J connectivity index is 2.05. The summed E-state index contributed by atoms with van der Waals surface area (Å²) in [6.07, 6.45) is 1.93. The fraction of sp³-hybridized carbons (Fsp3) is 0.375. The zero-order chi connectivity index (χ0) is 15.4. The van der Waals surface area contributed by atoms with Crippen LogP contribution in [0.2, 0.25) is 0 Å². The minimum atomic E-state index is -0.888. The molecule has 1 aromatic heterocycles. The summed E-state index contributed by atoms with van der Waals surface area (Å²) in [5.41, 5.74) is 1.07. The molecule has 1 aromatic carbocycles. The van der Waals surface area contributed by atoms with Gasteiger partial charge in [0.1, 0.15) is 11.8 Å². The molecule has 0 aliphatic heterocycles. The number of hydrogen-bond donors (Lipinski definition) is 2. The van der Waals surface area contributed by atoms with Crippen LogP contribution in [0.1, 0.15) is 30.6 Å². The van der Waals surface area contributed by atoms with Crippen LogP contribution in [0.25, 0.3) is 11.0 Å². The summed E-state index contributed by atoms with van der Waals surface area (Å²) in [4.78, 5) is 23.3. The highest BCUT2D eigenvalue weighted by molar-refractivity contribution is 6.05. The van der Waals surface area contributed by atoms with Crippen molar-refractivity contribution < 1.29 is 19.1 Å². The van der Waals surface area contributed by atoms with Crippen molar-refractivity contribution in [1.29, 1.82) is 0 Å². The first kappa shape index (κ1) is 15.1. The number of carboxylic acids is 1. The van der Waals surface area contributed by atoms with Crippen molar-refractivity contribution in [3.8, 4) is 0 Å². The Morgan fingerprint density at radius 2 is 2.00 bits per heavy atom. The van der Waals surface area contributed by atoms with Gasteiger partial charge in [0.15, 0.2) is 0 Å². The maximum atomic E-state index is 12.2. The number of furan rings is 1. The molecule has 2 rings (SSSR count). The second kappa shape index (κ2) is 6.43. The Kier molecular flexibility index (Phi) is 4.62. The quantitative estimate of drug-likeness (QED) is 0.857. The average molecular weight is 289 g/mol. The lowest BCUT2D eigenvalue weighted by atomic mass is 9.97. The number of hydrogen-bond acceptors (Lipinski definition) is 3. The number of carbonyl (C=O) groups excluding carboxylic acids is 1. The lowest BCUT2D eigenvalue weighted by molar-refractivity contribution is -0.142. The fourth-order valence-electron chi connectivity index (χ4n) is 2.31. The van der Waals surface area contributed by atoms with E-state index in [4.69, 9.17) is 9.52 Å². The number of fused-ring (bicyclic) bond motifs is 1. The van der Waals surface area contributed by atoms with Gasteiger partial charge in [0.2, 0.25) is 0 Å².